The van der Waals surface area contributed by atoms with Crippen molar-refractivity contribution < 1.29 is 9.59 Å². The van der Waals surface area contributed by atoms with E-state index in [1.165, 1.54) is 0 Å². The van der Waals surface area contributed by atoms with Crippen molar-refractivity contribution in [1.82, 2.24) is 14.4 Å². The SMILES string of the molecule is CN(C)C(=O)Cn1ccc2cc(NC(=O)N3CCCC3)ccc21. The highest BCUT2D eigenvalue weighted by Gasteiger charge is 2.18. The van der Waals surface area contributed by atoms with Crippen molar-refractivity contribution >= 4 is 28.5 Å². The molecule has 1 fully saturated rings. The van der Waals surface area contributed by atoms with Gasteiger partial charge in [0, 0.05) is 50.0 Å². The molecule has 6 nitrogen and oxygen atoms in total. The number of urea groups is 1. The molecule has 1 aliphatic rings. The molecule has 23 heavy (non-hydrogen) atoms. The Hall–Kier alpha value is -2.50. The smallest absolute Gasteiger partial charge is 0.321 e. The Kier molecular flexibility index (Phi) is 4.23. The molecule has 0 bridgehead atoms. The highest BCUT2D eigenvalue weighted by molar-refractivity contribution is 5.93. The number of fused-ring (bicyclic) bond motifs is 1. The Morgan fingerprint density at radius 1 is 1.17 bits per heavy atom. The summed E-state index contributed by atoms with van der Waals surface area (Å²) in [4.78, 5) is 27.4. The summed E-state index contributed by atoms with van der Waals surface area (Å²) >= 11 is 0. The van der Waals surface area contributed by atoms with Crippen LogP contribution >= 0.6 is 0 Å². The number of rotatable bonds is 3. The minimum atomic E-state index is -0.0379. The summed E-state index contributed by atoms with van der Waals surface area (Å²) < 4.78 is 1.92. The second-order valence-corrected chi connectivity index (χ2v) is 6.13. The van der Waals surface area contributed by atoms with Crippen LogP contribution in [0.25, 0.3) is 10.9 Å². The Balaban J connectivity index is 1.75. The monoisotopic (exact) mass is 314 g/mol. The van der Waals surface area contributed by atoms with Crippen LogP contribution in [-0.2, 0) is 11.3 Å². The molecule has 2 aromatic rings. The highest BCUT2D eigenvalue weighted by Crippen LogP contribution is 2.21. The van der Waals surface area contributed by atoms with Crippen LogP contribution in [0.5, 0.6) is 0 Å². The molecule has 0 aliphatic carbocycles. The molecule has 0 radical (unpaired) electrons. The summed E-state index contributed by atoms with van der Waals surface area (Å²) in [6.07, 6.45) is 4.06. The number of anilines is 1. The number of carbonyl (C=O) groups excluding carboxylic acids is 2. The van der Waals surface area contributed by atoms with Crippen molar-refractivity contribution in [3.8, 4) is 0 Å². The van der Waals surface area contributed by atoms with E-state index in [2.05, 4.69) is 5.32 Å². The van der Waals surface area contributed by atoms with E-state index in [4.69, 9.17) is 0 Å². The summed E-state index contributed by atoms with van der Waals surface area (Å²) in [5.74, 6) is 0.0499. The molecule has 6 heteroatoms. The first kappa shape index (κ1) is 15.4. The number of likely N-dealkylation sites (N-methyl/N-ethyl adjacent to an activating group) is 1. The number of amides is 3. The number of hydrogen-bond donors (Lipinski definition) is 1. The van der Waals surface area contributed by atoms with Crippen LogP contribution in [0.15, 0.2) is 30.5 Å². The van der Waals surface area contributed by atoms with Crippen LogP contribution in [0.4, 0.5) is 10.5 Å². The first-order chi connectivity index (χ1) is 11.0. The lowest BCUT2D eigenvalue weighted by molar-refractivity contribution is -0.129. The number of nitrogens with zero attached hydrogens (tertiary/aromatic N) is 3. The van der Waals surface area contributed by atoms with Gasteiger partial charge in [-0.25, -0.2) is 4.79 Å². The van der Waals surface area contributed by atoms with Gasteiger partial charge in [-0.15, -0.1) is 0 Å². The number of hydrogen-bond acceptors (Lipinski definition) is 2. The van der Waals surface area contributed by atoms with Crippen molar-refractivity contribution in [2.45, 2.75) is 19.4 Å². The van der Waals surface area contributed by atoms with Crippen molar-refractivity contribution in [2.75, 3.05) is 32.5 Å². The Bertz CT molecular complexity index is 729. The number of carbonyl (C=O) groups is 2. The fourth-order valence-corrected chi connectivity index (χ4v) is 2.83. The third-order valence-electron chi connectivity index (χ3n) is 4.22. The summed E-state index contributed by atoms with van der Waals surface area (Å²) in [6.45, 7) is 1.98. The molecule has 1 aliphatic heterocycles. The van der Waals surface area contributed by atoms with E-state index in [9.17, 15) is 9.59 Å². The van der Waals surface area contributed by atoms with Gasteiger partial charge in [-0.05, 0) is 37.1 Å². The van der Waals surface area contributed by atoms with Crippen LogP contribution in [0, 0.1) is 0 Å². The normalized spacial score (nSPS) is 14.3. The molecule has 0 unspecified atom stereocenters. The van der Waals surface area contributed by atoms with Crippen LogP contribution in [0.1, 0.15) is 12.8 Å². The van der Waals surface area contributed by atoms with E-state index >= 15 is 0 Å². The van der Waals surface area contributed by atoms with E-state index in [1.807, 2.05) is 39.9 Å². The minimum absolute atomic E-state index is 0.0379. The molecular formula is C17H22N4O2. The Labute approximate surface area is 135 Å². The molecule has 1 N–H and O–H groups in total. The predicted octanol–water partition coefficient (Wildman–Crippen LogP) is 2.36. The third-order valence-corrected chi connectivity index (χ3v) is 4.22. The number of benzene rings is 1. The zero-order valence-electron chi connectivity index (χ0n) is 13.6. The summed E-state index contributed by atoms with van der Waals surface area (Å²) in [5.41, 5.74) is 1.77. The van der Waals surface area contributed by atoms with E-state index in [1.54, 1.807) is 19.0 Å². The largest absolute Gasteiger partial charge is 0.347 e. The fraction of sp³-hybridized carbons (Fsp3) is 0.412. The average molecular weight is 314 g/mol. The third kappa shape index (κ3) is 3.31. The van der Waals surface area contributed by atoms with Crippen molar-refractivity contribution in [3.63, 3.8) is 0 Å². The van der Waals surface area contributed by atoms with Gasteiger partial charge >= 0.3 is 6.03 Å². The van der Waals surface area contributed by atoms with Crippen molar-refractivity contribution in [1.29, 1.82) is 0 Å². The van der Waals surface area contributed by atoms with Crippen molar-refractivity contribution in [3.05, 3.63) is 30.5 Å². The lowest BCUT2D eigenvalue weighted by Crippen LogP contribution is -2.32. The zero-order valence-corrected chi connectivity index (χ0v) is 13.6. The molecule has 3 rings (SSSR count). The van der Waals surface area contributed by atoms with Gasteiger partial charge in [0.15, 0.2) is 0 Å². The first-order valence-corrected chi connectivity index (χ1v) is 7.89. The number of aromatic nitrogens is 1. The maximum Gasteiger partial charge on any atom is 0.321 e. The van der Waals surface area contributed by atoms with E-state index in [-0.39, 0.29) is 11.9 Å². The Morgan fingerprint density at radius 3 is 2.61 bits per heavy atom. The van der Waals surface area contributed by atoms with Crippen LogP contribution in [0.3, 0.4) is 0 Å². The van der Waals surface area contributed by atoms with E-state index in [0.29, 0.717) is 6.54 Å². The van der Waals surface area contributed by atoms with Gasteiger partial charge in [0.2, 0.25) is 5.91 Å². The van der Waals surface area contributed by atoms with Gasteiger partial charge in [0.25, 0.3) is 0 Å². The molecule has 2 heterocycles. The van der Waals surface area contributed by atoms with Gasteiger partial charge in [-0.3, -0.25) is 4.79 Å². The van der Waals surface area contributed by atoms with Gasteiger partial charge in [-0.1, -0.05) is 0 Å². The van der Waals surface area contributed by atoms with Crippen LogP contribution < -0.4 is 5.32 Å². The van der Waals surface area contributed by atoms with Gasteiger partial charge in [0.05, 0.1) is 0 Å². The summed E-state index contributed by atoms with van der Waals surface area (Å²) in [6, 6.07) is 7.69. The van der Waals surface area contributed by atoms with E-state index in [0.717, 1.165) is 42.5 Å². The van der Waals surface area contributed by atoms with Crippen LogP contribution in [-0.4, -0.2) is 53.5 Å². The quantitative estimate of drug-likeness (QED) is 0.945. The van der Waals surface area contributed by atoms with Gasteiger partial charge in [0.1, 0.15) is 6.54 Å². The molecule has 3 amide bonds. The van der Waals surface area contributed by atoms with Crippen molar-refractivity contribution in [2.24, 2.45) is 0 Å². The molecule has 0 spiro atoms. The average Bonchev–Trinajstić information content (AvgIpc) is 3.17. The van der Waals surface area contributed by atoms with Gasteiger partial charge < -0.3 is 19.7 Å². The lowest BCUT2D eigenvalue weighted by Gasteiger charge is -2.16. The standard InChI is InChI=1S/C17H22N4O2/c1-19(2)16(22)12-21-10-7-13-11-14(5-6-15(13)21)18-17(23)20-8-3-4-9-20/h5-7,10-11H,3-4,8-9,12H2,1-2H3,(H,18,23). The van der Waals surface area contributed by atoms with E-state index < -0.39 is 0 Å². The molecule has 122 valence electrons. The highest BCUT2D eigenvalue weighted by atomic mass is 16.2. The summed E-state index contributed by atoms with van der Waals surface area (Å²) in [7, 11) is 3.50. The maximum atomic E-state index is 12.1. The second-order valence-electron chi connectivity index (χ2n) is 6.13. The second kappa shape index (κ2) is 6.32. The molecule has 1 aromatic carbocycles. The molecule has 1 saturated heterocycles. The molecule has 0 saturated carbocycles. The first-order valence-electron chi connectivity index (χ1n) is 7.89. The number of nitrogens with one attached hydrogen (secondary N) is 1. The number of likely N-dealkylation sites (tertiary alicyclic amines) is 1. The molecule has 1 aromatic heterocycles. The van der Waals surface area contributed by atoms with Gasteiger partial charge in [-0.2, -0.15) is 0 Å². The molecular weight excluding hydrogens is 292 g/mol. The summed E-state index contributed by atoms with van der Waals surface area (Å²) in [5, 5.41) is 3.96. The Morgan fingerprint density at radius 2 is 1.91 bits per heavy atom. The maximum absolute atomic E-state index is 12.1. The topological polar surface area (TPSA) is 57.6 Å². The predicted molar refractivity (Wildman–Crippen MR) is 90.5 cm³/mol. The lowest BCUT2D eigenvalue weighted by atomic mass is 10.2. The fourth-order valence-electron chi connectivity index (χ4n) is 2.83. The van der Waals surface area contributed by atoms with Crippen LogP contribution in [0.2, 0.25) is 0 Å². The zero-order chi connectivity index (χ0) is 16.4. The minimum Gasteiger partial charge on any atom is -0.347 e. The molecule has 0 atom stereocenters.